The lowest BCUT2D eigenvalue weighted by molar-refractivity contribution is 0.373. The first kappa shape index (κ1) is 16.3. The Bertz CT molecular complexity index is 1070. The van der Waals surface area contributed by atoms with E-state index in [0.717, 1.165) is 0 Å². The third-order valence-electron chi connectivity index (χ3n) is 3.84. The summed E-state index contributed by atoms with van der Waals surface area (Å²) in [5.41, 5.74) is 2.00. The van der Waals surface area contributed by atoms with Gasteiger partial charge < -0.3 is 19.0 Å². The summed E-state index contributed by atoms with van der Waals surface area (Å²) < 4.78 is 16.8. The number of aromatic nitrogens is 1. The van der Waals surface area contributed by atoms with E-state index in [-0.39, 0.29) is 5.75 Å². The number of oxazole rings is 1. The standard InChI is InChI=1S/C20H14ClNO4/c1-24-19-10-12(2-9-17(19)23)20-22-16-8-7-15(11-18(16)26-20)25-14-5-3-13(21)4-6-14/h2-11,23H,1H3. The second kappa shape index (κ2) is 6.61. The van der Waals surface area contributed by atoms with Gasteiger partial charge in [-0.15, -0.1) is 0 Å². The molecule has 4 rings (SSSR count). The van der Waals surface area contributed by atoms with Crippen molar-refractivity contribution in [2.24, 2.45) is 0 Å². The normalized spacial score (nSPS) is 10.8. The highest BCUT2D eigenvalue weighted by Gasteiger charge is 2.12. The highest BCUT2D eigenvalue weighted by molar-refractivity contribution is 6.30. The molecule has 1 aromatic heterocycles. The average Bonchev–Trinajstić information content (AvgIpc) is 3.07. The lowest BCUT2D eigenvalue weighted by Crippen LogP contribution is -1.85. The van der Waals surface area contributed by atoms with Crippen LogP contribution in [0.25, 0.3) is 22.6 Å². The van der Waals surface area contributed by atoms with Crippen LogP contribution >= 0.6 is 11.6 Å². The van der Waals surface area contributed by atoms with Crippen molar-refractivity contribution in [2.45, 2.75) is 0 Å². The Morgan fingerprint density at radius 2 is 1.73 bits per heavy atom. The summed E-state index contributed by atoms with van der Waals surface area (Å²) >= 11 is 5.88. The van der Waals surface area contributed by atoms with Gasteiger partial charge in [0.15, 0.2) is 17.1 Å². The first-order valence-corrected chi connectivity index (χ1v) is 8.21. The number of hydrogen-bond acceptors (Lipinski definition) is 5. The molecular formula is C20H14ClNO4. The summed E-state index contributed by atoms with van der Waals surface area (Å²) in [4.78, 5) is 4.47. The third-order valence-corrected chi connectivity index (χ3v) is 4.09. The van der Waals surface area contributed by atoms with Crippen LogP contribution in [0.5, 0.6) is 23.0 Å². The SMILES string of the molecule is COc1cc(-c2nc3ccc(Oc4ccc(Cl)cc4)cc3o2)ccc1O. The van der Waals surface area contributed by atoms with Crippen molar-refractivity contribution in [1.29, 1.82) is 0 Å². The van der Waals surface area contributed by atoms with Crippen molar-refractivity contribution < 1.29 is 19.0 Å². The lowest BCUT2D eigenvalue weighted by atomic mass is 10.2. The number of phenolic OH excluding ortho intramolecular Hbond substituents is 1. The molecule has 0 atom stereocenters. The van der Waals surface area contributed by atoms with Crippen LogP contribution in [0, 0.1) is 0 Å². The number of nitrogens with zero attached hydrogens (tertiary/aromatic N) is 1. The second-order valence-corrected chi connectivity index (χ2v) is 6.03. The van der Waals surface area contributed by atoms with Gasteiger partial charge in [-0.3, -0.25) is 0 Å². The van der Waals surface area contributed by atoms with Gasteiger partial charge in [-0.25, -0.2) is 4.98 Å². The van der Waals surface area contributed by atoms with Crippen LogP contribution in [0.15, 0.2) is 65.1 Å². The molecule has 26 heavy (non-hydrogen) atoms. The molecule has 0 unspecified atom stereocenters. The van der Waals surface area contributed by atoms with E-state index in [1.165, 1.54) is 13.2 Å². The molecule has 0 aliphatic rings. The molecule has 0 saturated carbocycles. The molecule has 0 bridgehead atoms. The fourth-order valence-electron chi connectivity index (χ4n) is 2.54. The molecular weight excluding hydrogens is 354 g/mol. The second-order valence-electron chi connectivity index (χ2n) is 5.59. The van der Waals surface area contributed by atoms with E-state index in [4.69, 9.17) is 25.5 Å². The quantitative estimate of drug-likeness (QED) is 0.504. The van der Waals surface area contributed by atoms with E-state index in [2.05, 4.69) is 4.98 Å². The molecule has 0 aliphatic carbocycles. The van der Waals surface area contributed by atoms with Crippen molar-refractivity contribution in [1.82, 2.24) is 4.98 Å². The Morgan fingerprint density at radius 3 is 2.50 bits per heavy atom. The number of methoxy groups -OCH3 is 1. The molecule has 1 N–H and O–H groups in total. The highest BCUT2D eigenvalue weighted by Crippen LogP contribution is 2.33. The van der Waals surface area contributed by atoms with Gasteiger partial charge in [-0.2, -0.15) is 0 Å². The van der Waals surface area contributed by atoms with E-state index in [1.54, 1.807) is 42.5 Å². The van der Waals surface area contributed by atoms with Crippen LogP contribution in [0.4, 0.5) is 0 Å². The van der Waals surface area contributed by atoms with Crippen LogP contribution < -0.4 is 9.47 Å². The maximum Gasteiger partial charge on any atom is 0.227 e. The Hall–Kier alpha value is -3.18. The van der Waals surface area contributed by atoms with Crippen molar-refractivity contribution in [3.63, 3.8) is 0 Å². The summed E-state index contributed by atoms with van der Waals surface area (Å²) in [5, 5.41) is 10.4. The van der Waals surface area contributed by atoms with Crippen LogP contribution in [-0.4, -0.2) is 17.2 Å². The zero-order chi connectivity index (χ0) is 18.1. The fraction of sp³-hybridized carbons (Fsp3) is 0.0500. The van der Waals surface area contributed by atoms with E-state index in [9.17, 15) is 5.11 Å². The van der Waals surface area contributed by atoms with Crippen LogP contribution in [0.2, 0.25) is 5.02 Å². The first-order valence-electron chi connectivity index (χ1n) is 7.84. The molecule has 5 nitrogen and oxygen atoms in total. The van der Waals surface area contributed by atoms with Gasteiger partial charge in [0.05, 0.1) is 7.11 Å². The molecule has 0 aliphatic heterocycles. The molecule has 0 amide bonds. The molecule has 1 heterocycles. The van der Waals surface area contributed by atoms with E-state index in [0.29, 0.717) is 44.8 Å². The zero-order valence-corrected chi connectivity index (χ0v) is 14.5. The van der Waals surface area contributed by atoms with Crippen LogP contribution in [-0.2, 0) is 0 Å². The zero-order valence-electron chi connectivity index (χ0n) is 13.8. The topological polar surface area (TPSA) is 64.7 Å². The summed E-state index contributed by atoms with van der Waals surface area (Å²) in [5.74, 6) is 2.16. The smallest absolute Gasteiger partial charge is 0.227 e. The summed E-state index contributed by atoms with van der Waals surface area (Å²) in [6.07, 6.45) is 0. The van der Waals surface area contributed by atoms with Crippen molar-refractivity contribution in [3.05, 3.63) is 65.7 Å². The number of rotatable bonds is 4. The van der Waals surface area contributed by atoms with Crippen molar-refractivity contribution in [2.75, 3.05) is 7.11 Å². The van der Waals surface area contributed by atoms with Gasteiger partial charge in [-0.05, 0) is 54.6 Å². The minimum atomic E-state index is 0.0611. The maximum atomic E-state index is 9.71. The Labute approximate surface area is 154 Å². The third kappa shape index (κ3) is 3.17. The minimum absolute atomic E-state index is 0.0611. The predicted octanol–water partition coefficient (Wildman–Crippen LogP) is 5.65. The first-order chi connectivity index (χ1) is 12.6. The number of hydrogen-bond donors (Lipinski definition) is 1. The molecule has 130 valence electrons. The summed E-state index contributed by atoms with van der Waals surface area (Å²) in [7, 11) is 1.49. The Balaban J connectivity index is 1.66. The van der Waals surface area contributed by atoms with Crippen molar-refractivity contribution >= 4 is 22.7 Å². The number of ether oxygens (including phenoxy) is 2. The largest absolute Gasteiger partial charge is 0.504 e. The molecule has 0 fully saturated rings. The summed E-state index contributed by atoms with van der Waals surface area (Å²) in [6, 6.07) is 17.5. The Morgan fingerprint density at radius 1 is 0.962 bits per heavy atom. The fourth-order valence-corrected chi connectivity index (χ4v) is 2.67. The monoisotopic (exact) mass is 367 g/mol. The van der Waals surface area contributed by atoms with Gasteiger partial charge >= 0.3 is 0 Å². The van der Waals surface area contributed by atoms with E-state index < -0.39 is 0 Å². The van der Waals surface area contributed by atoms with Gasteiger partial charge in [0, 0.05) is 16.7 Å². The number of fused-ring (bicyclic) bond motifs is 1. The van der Waals surface area contributed by atoms with Crippen molar-refractivity contribution in [3.8, 4) is 34.5 Å². The molecule has 3 aromatic carbocycles. The molecule has 0 saturated heterocycles. The molecule has 6 heteroatoms. The van der Waals surface area contributed by atoms with E-state index in [1.807, 2.05) is 12.1 Å². The molecule has 0 radical (unpaired) electrons. The highest BCUT2D eigenvalue weighted by atomic mass is 35.5. The van der Waals surface area contributed by atoms with Gasteiger partial charge in [0.1, 0.15) is 17.0 Å². The van der Waals surface area contributed by atoms with E-state index >= 15 is 0 Å². The maximum absolute atomic E-state index is 9.71. The van der Waals surface area contributed by atoms with Gasteiger partial charge in [0.25, 0.3) is 0 Å². The van der Waals surface area contributed by atoms with Gasteiger partial charge in [0.2, 0.25) is 5.89 Å². The molecule has 4 aromatic rings. The number of phenols is 1. The van der Waals surface area contributed by atoms with Crippen LogP contribution in [0.3, 0.4) is 0 Å². The van der Waals surface area contributed by atoms with Crippen LogP contribution in [0.1, 0.15) is 0 Å². The number of halogens is 1. The minimum Gasteiger partial charge on any atom is -0.504 e. The van der Waals surface area contributed by atoms with Gasteiger partial charge in [-0.1, -0.05) is 11.6 Å². The lowest BCUT2D eigenvalue weighted by Gasteiger charge is -2.05. The predicted molar refractivity (Wildman–Crippen MR) is 99.2 cm³/mol. The number of aromatic hydroxyl groups is 1. The number of benzene rings is 3. The summed E-state index contributed by atoms with van der Waals surface area (Å²) in [6.45, 7) is 0. The Kier molecular flexibility index (Phi) is 4.14. The average molecular weight is 368 g/mol. The molecule has 0 spiro atoms.